The Morgan fingerprint density at radius 2 is 1.73 bits per heavy atom. The quantitative estimate of drug-likeness (QED) is 0.667. The number of thiazole rings is 1. The minimum Gasteiger partial charge on any atom is -0.389 e. The second-order valence-electron chi connectivity index (χ2n) is 7.93. The molecule has 2 amide bonds. The maximum absolute atomic E-state index is 13.2. The van der Waals surface area contributed by atoms with E-state index in [9.17, 15) is 13.8 Å². The number of nitrogens with zero attached hydrogens (tertiary/aromatic N) is 3. The number of amides is 2. The van der Waals surface area contributed by atoms with Gasteiger partial charge in [0.1, 0.15) is 6.10 Å². The first-order valence-electron chi connectivity index (χ1n) is 9.59. The van der Waals surface area contributed by atoms with Crippen LogP contribution in [0.2, 0.25) is 0 Å². The number of rotatable bonds is 3. The molecule has 0 aliphatic carbocycles. The number of aromatic nitrogens is 1. The van der Waals surface area contributed by atoms with Crippen LogP contribution >= 0.6 is 11.3 Å². The van der Waals surface area contributed by atoms with E-state index in [1.165, 1.54) is 16.2 Å². The molecule has 0 spiro atoms. The van der Waals surface area contributed by atoms with Gasteiger partial charge in [-0.25, -0.2) is 9.88 Å². The highest BCUT2D eigenvalue weighted by molar-refractivity contribution is 7.84. The fraction of sp³-hybridized carbons (Fsp3) is 0.400. The van der Waals surface area contributed by atoms with Gasteiger partial charge in [0.2, 0.25) is 11.8 Å². The van der Waals surface area contributed by atoms with Gasteiger partial charge >= 0.3 is 0 Å². The number of benzene rings is 1. The maximum atomic E-state index is 13.2. The van der Waals surface area contributed by atoms with Crippen LogP contribution in [0.3, 0.4) is 0 Å². The predicted octanol–water partition coefficient (Wildman–Crippen LogP) is 1.49. The van der Waals surface area contributed by atoms with E-state index in [1.807, 2.05) is 19.1 Å². The third-order valence-electron chi connectivity index (χ3n) is 6.32. The largest absolute Gasteiger partial charge is 0.389 e. The molecule has 8 nitrogen and oxygen atoms in total. The molecular formula is C20H17N3O5S2. The van der Waals surface area contributed by atoms with Gasteiger partial charge in [-0.3, -0.25) is 13.8 Å². The predicted molar refractivity (Wildman–Crippen MR) is 109 cm³/mol. The van der Waals surface area contributed by atoms with Crippen LogP contribution in [0.4, 0.5) is 5.13 Å². The molecule has 4 aliphatic rings. The van der Waals surface area contributed by atoms with E-state index >= 15 is 0 Å². The van der Waals surface area contributed by atoms with Gasteiger partial charge < -0.3 is 9.57 Å². The van der Waals surface area contributed by atoms with Crippen molar-refractivity contribution in [2.75, 3.05) is 11.2 Å². The molecule has 4 aliphatic heterocycles. The van der Waals surface area contributed by atoms with Crippen LogP contribution in [0.15, 0.2) is 40.5 Å². The highest BCUT2D eigenvalue weighted by atomic mass is 32.2. The zero-order valence-corrected chi connectivity index (χ0v) is 17.7. The molecule has 154 valence electrons. The molecule has 10 heteroatoms. The van der Waals surface area contributed by atoms with Crippen molar-refractivity contribution in [2.45, 2.75) is 30.1 Å². The Labute approximate surface area is 178 Å². The second-order valence-corrected chi connectivity index (χ2v) is 10.5. The van der Waals surface area contributed by atoms with Crippen molar-refractivity contribution in [3.8, 4) is 0 Å². The molecular weight excluding hydrogens is 426 g/mol. The average molecular weight is 444 g/mol. The number of hydrogen-bond acceptors (Lipinski definition) is 8. The van der Waals surface area contributed by atoms with Crippen molar-refractivity contribution in [3.63, 3.8) is 0 Å². The Morgan fingerprint density at radius 1 is 1.03 bits per heavy atom. The van der Waals surface area contributed by atoms with Gasteiger partial charge in [-0.2, -0.15) is 0 Å². The molecule has 5 heterocycles. The van der Waals surface area contributed by atoms with E-state index in [-0.39, 0.29) is 23.8 Å². The van der Waals surface area contributed by atoms with Crippen LogP contribution < -0.4 is 4.90 Å². The summed E-state index contributed by atoms with van der Waals surface area (Å²) in [5, 5.41) is 4.69. The summed E-state index contributed by atoms with van der Waals surface area (Å²) in [6.45, 7) is 1.89. The van der Waals surface area contributed by atoms with Crippen LogP contribution in [0.25, 0.3) is 0 Å². The van der Waals surface area contributed by atoms with Gasteiger partial charge in [0, 0.05) is 33.0 Å². The van der Waals surface area contributed by atoms with Crippen LogP contribution in [-0.4, -0.2) is 51.3 Å². The number of aryl methyl sites for hydroxylation is 1. The first kappa shape index (κ1) is 18.3. The van der Waals surface area contributed by atoms with E-state index in [1.54, 1.807) is 24.6 Å². The van der Waals surface area contributed by atoms with Crippen LogP contribution in [0.1, 0.15) is 10.4 Å². The molecule has 3 saturated heterocycles. The summed E-state index contributed by atoms with van der Waals surface area (Å²) in [5.74, 6) is -1.86. The summed E-state index contributed by atoms with van der Waals surface area (Å²) in [6.07, 6.45) is 1.93. The Hall–Kier alpha value is -2.43. The summed E-state index contributed by atoms with van der Waals surface area (Å²) >= 11 is 1.33. The van der Waals surface area contributed by atoms with Gasteiger partial charge in [0.15, 0.2) is 11.2 Å². The third kappa shape index (κ3) is 2.32. The summed E-state index contributed by atoms with van der Waals surface area (Å²) < 4.78 is 17.8. The average Bonchev–Trinajstić information content (AvgIpc) is 3.50. The van der Waals surface area contributed by atoms with Crippen molar-refractivity contribution in [2.24, 2.45) is 22.9 Å². The molecule has 2 bridgehead atoms. The van der Waals surface area contributed by atoms with E-state index < -0.39 is 34.8 Å². The topological polar surface area (TPSA) is 98.2 Å². The molecule has 0 saturated carbocycles. The lowest BCUT2D eigenvalue weighted by atomic mass is 9.71. The molecule has 1 aromatic carbocycles. The lowest BCUT2D eigenvalue weighted by Gasteiger charge is -2.26. The Morgan fingerprint density at radius 3 is 2.37 bits per heavy atom. The van der Waals surface area contributed by atoms with Crippen LogP contribution in [-0.2, 0) is 30.0 Å². The van der Waals surface area contributed by atoms with Crippen molar-refractivity contribution >= 4 is 44.8 Å². The monoisotopic (exact) mass is 443 g/mol. The zero-order valence-electron chi connectivity index (χ0n) is 16.1. The van der Waals surface area contributed by atoms with E-state index in [4.69, 9.17) is 9.57 Å². The molecule has 3 fully saturated rings. The Balaban J connectivity index is 1.33. The summed E-state index contributed by atoms with van der Waals surface area (Å²) in [5.41, 5.74) is 1.55. The van der Waals surface area contributed by atoms with Crippen LogP contribution in [0.5, 0.6) is 0 Å². The first-order chi connectivity index (χ1) is 14.5. The fourth-order valence-electron chi connectivity index (χ4n) is 5.05. The number of ether oxygens (including phenoxy) is 1. The summed E-state index contributed by atoms with van der Waals surface area (Å²) in [6, 6.07) is 7.32. The maximum Gasteiger partial charge on any atom is 0.242 e. The number of carbonyl (C=O) groups is 2. The minimum absolute atomic E-state index is 0.219. The van der Waals surface area contributed by atoms with Crippen molar-refractivity contribution in [1.82, 2.24) is 4.98 Å². The minimum atomic E-state index is -1.07. The van der Waals surface area contributed by atoms with Gasteiger partial charge in [0.25, 0.3) is 0 Å². The fourth-order valence-corrected chi connectivity index (χ4v) is 6.34. The summed E-state index contributed by atoms with van der Waals surface area (Å²) in [7, 11) is -1.07. The van der Waals surface area contributed by atoms with E-state index in [0.717, 1.165) is 15.3 Å². The standard InChI is InChI=1S/C20H17N3O5S2/c1-8-7-21-20(29-8)23-18(24)11-12(19(23)25)16-17-13(15(11)27-16)14(22-28-17)9-3-5-10(6-4-9)30(2)26/h3-7,11-13,15-17H,1-2H3. The molecule has 2 aromatic rings. The highest BCUT2D eigenvalue weighted by Gasteiger charge is 2.72. The van der Waals surface area contributed by atoms with Crippen molar-refractivity contribution < 1.29 is 23.4 Å². The number of imide groups is 1. The smallest absolute Gasteiger partial charge is 0.242 e. The van der Waals surface area contributed by atoms with Gasteiger partial charge in [0.05, 0.1) is 29.6 Å². The zero-order chi connectivity index (χ0) is 20.7. The number of fused-ring (bicyclic) bond motifs is 8. The molecule has 0 N–H and O–H groups in total. The number of anilines is 1. The molecule has 1 aromatic heterocycles. The lowest BCUT2D eigenvalue weighted by Crippen LogP contribution is -2.45. The first-order valence-corrected chi connectivity index (χ1v) is 12.0. The number of carbonyl (C=O) groups excluding carboxylic acids is 2. The lowest BCUT2D eigenvalue weighted by molar-refractivity contribution is -0.125. The molecule has 30 heavy (non-hydrogen) atoms. The molecule has 7 unspecified atom stereocenters. The van der Waals surface area contributed by atoms with Gasteiger partial charge in [-0.15, -0.1) is 11.3 Å². The number of hydrogen-bond donors (Lipinski definition) is 0. The second kappa shape index (κ2) is 6.29. The summed E-state index contributed by atoms with van der Waals surface area (Å²) in [4.78, 5) is 39.2. The normalized spacial score (nSPS) is 34.7. The van der Waals surface area contributed by atoms with E-state index in [2.05, 4.69) is 10.1 Å². The van der Waals surface area contributed by atoms with Crippen molar-refractivity contribution in [1.29, 1.82) is 0 Å². The Kier molecular flexibility index (Phi) is 3.84. The molecule has 6 rings (SSSR count). The van der Waals surface area contributed by atoms with Gasteiger partial charge in [-0.05, 0) is 24.6 Å². The van der Waals surface area contributed by atoms with Crippen molar-refractivity contribution in [3.05, 3.63) is 40.9 Å². The third-order valence-corrected chi connectivity index (χ3v) is 8.16. The van der Waals surface area contributed by atoms with Crippen LogP contribution in [0, 0.1) is 24.7 Å². The number of oxime groups is 1. The van der Waals surface area contributed by atoms with E-state index in [0.29, 0.717) is 10.8 Å². The van der Waals surface area contributed by atoms with Gasteiger partial charge in [-0.1, -0.05) is 17.3 Å². The molecule has 0 radical (unpaired) electrons. The molecule has 7 atom stereocenters. The SMILES string of the molecule is Cc1cnc(N2C(=O)C3C4OC(C5C(c6ccc(S(C)=O)cc6)=NOC45)C3C2=O)s1. The Bertz CT molecular complexity index is 1140. The highest BCUT2D eigenvalue weighted by Crippen LogP contribution is 2.55.